The second-order valence-corrected chi connectivity index (χ2v) is 8.77. The van der Waals surface area contributed by atoms with Crippen molar-refractivity contribution in [3.63, 3.8) is 0 Å². The minimum atomic E-state index is -0.590. The molecule has 3 amide bonds. The number of hydrogen-bond acceptors (Lipinski definition) is 6. The van der Waals surface area contributed by atoms with Crippen LogP contribution in [0.15, 0.2) is 35.4 Å². The SMILES string of the molecule is CNC(=O)NC(=O)C(Sc1nc(C)nc2sc3c(c12)CCC3)c1ccccc1. The van der Waals surface area contributed by atoms with Crippen molar-refractivity contribution in [2.24, 2.45) is 0 Å². The van der Waals surface area contributed by atoms with E-state index in [0.717, 1.165) is 40.1 Å². The highest BCUT2D eigenvalue weighted by Crippen LogP contribution is 2.44. The molecule has 4 rings (SSSR count). The number of carbonyl (C=O) groups is 2. The number of amides is 3. The molecular weight excluding hydrogens is 392 g/mol. The highest BCUT2D eigenvalue weighted by atomic mass is 32.2. The standard InChI is InChI=1S/C20H20N4O2S2/c1-11-22-18-15(13-9-6-10-14(13)27-18)19(23-11)28-16(12-7-4-3-5-8-12)17(25)24-20(26)21-2/h3-5,7-8,16H,6,9-10H2,1-2H3,(H2,21,24,25,26). The van der Waals surface area contributed by atoms with Gasteiger partial charge in [0.05, 0.1) is 0 Å². The van der Waals surface area contributed by atoms with Crippen LogP contribution in [0.25, 0.3) is 10.2 Å². The third-order valence-corrected chi connectivity index (χ3v) is 7.10. The van der Waals surface area contributed by atoms with Gasteiger partial charge in [-0.05, 0) is 37.3 Å². The zero-order valence-electron chi connectivity index (χ0n) is 15.6. The highest BCUT2D eigenvalue weighted by molar-refractivity contribution is 8.00. The van der Waals surface area contributed by atoms with Gasteiger partial charge in [-0.2, -0.15) is 0 Å². The zero-order chi connectivity index (χ0) is 19.7. The molecule has 0 aliphatic heterocycles. The lowest BCUT2D eigenvalue weighted by atomic mass is 10.1. The second kappa shape index (κ2) is 7.89. The molecule has 2 N–H and O–H groups in total. The lowest BCUT2D eigenvalue weighted by Gasteiger charge is -2.17. The van der Waals surface area contributed by atoms with E-state index < -0.39 is 11.3 Å². The predicted molar refractivity (Wildman–Crippen MR) is 112 cm³/mol. The number of aryl methyl sites for hydroxylation is 3. The fraction of sp³-hybridized carbons (Fsp3) is 0.300. The number of nitrogens with one attached hydrogen (secondary N) is 2. The maximum atomic E-state index is 12.9. The number of hydrogen-bond donors (Lipinski definition) is 2. The Kier molecular flexibility index (Phi) is 5.32. The van der Waals surface area contributed by atoms with E-state index in [0.29, 0.717) is 5.82 Å². The van der Waals surface area contributed by atoms with Gasteiger partial charge in [-0.3, -0.25) is 10.1 Å². The van der Waals surface area contributed by atoms with Crippen LogP contribution in [0.4, 0.5) is 4.79 Å². The van der Waals surface area contributed by atoms with Crippen LogP contribution in [-0.2, 0) is 17.6 Å². The van der Waals surface area contributed by atoms with Crippen LogP contribution < -0.4 is 10.6 Å². The Morgan fingerprint density at radius 2 is 1.96 bits per heavy atom. The number of urea groups is 1. The van der Waals surface area contributed by atoms with E-state index in [1.54, 1.807) is 11.3 Å². The molecule has 8 heteroatoms. The maximum Gasteiger partial charge on any atom is 0.321 e. The lowest BCUT2D eigenvalue weighted by molar-refractivity contribution is -0.119. The van der Waals surface area contributed by atoms with Gasteiger partial charge in [0, 0.05) is 17.3 Å². The van der Waals surface area contributed by atoms with Gasteiger partial charge in [-0.1, -0.05) is 42.1 Å². The summed E-state index contributed by atoms with van der Waals surface area (Å²) in [5.74, 6) is 0.320. The van der Waals surface area contributed by atoms with Gasteiger partial charge < -0.3 is 5.32 Å². The Balaban J connectivity index is 1.77. The molecule has 0 radical (unpaired) electrons. The van der Waals surface area contributed by atoms with Crippen LogP contribution >= 0.6 is 23.1 Å². The summed E-state index contributed by atoms with van der Waals surface area (Å²) >= 11 is 3.11. The number of nitrogens with zero attached hydrogens (tertiary/aromatic N) is 2. The van der Waals surface area contributed by atoms with Crippen molar-refractivity contribution < 1.29 is 9.59 Å². The molecule has 1 aromatic carbocycles. The maximum absolute atomic E-state index is 12.9. The van der Waals surface area contributed by atoms with E-state index in [9.17, 15) is 9.59 Å². The van der Waals surface area contributed by atoms with Crippen LogP contribution in [0.3, 0.4) is 0 Å². The van der Waals surface area contributed by atoms with E-state index in [1.165, 1.54) is 29.3 Å². The molecule has 0 bridgehead atoms. The van der Waals surface area contributed by atoms with Gasteiger partial charge in [0.15, 0.2) is 0 Å². The average Bonchev–Trinajstić information content (AvgIpc) is 3.27. The zero-order valence-corrected chi connectivity index (χ0v) is 17.2. The number of imide groups is 1. The number of benzene rings is 1. The third-order valence-electron chi connectivity index (χ3n) is 4.68. The first-order valence-electron chi connectivity index (χ1n) is 9.10. The van der Waals surface area contributed by atoms with E-state index in [1.807, 2.05) is 37.3 Å². The fourth-order valence-electron chi connectivity index (χ4n) is 3.40. The Morgan fingerprint density at radius 1 is 1.18 bits per heavy atom. The molecule has 1 atom stereocenters. The summed E-state index contributed by atoms with van der Waals surface area (Å²) in [5, 5.41) is 6.13. The predicted octanol–water partition coefficient (Wildman–Crippen LogP) is 3.78. The summed E-state index contributed by atoms with van der Waals surface area (Å²) < 4.78 is 0. The molecule has 1 unspecified atom stereocenters. The number of carbonyl (C=O) groups excluding carboxylic acids is 2. The molecule has 0 fully saturated rings. The number of aromatic nitrogens is 2. The number of fused-ring (bicyclic) bond motifs is 3. The molecule has 1 aliphatic carbocycles. The van der Waals surface area contributed by atoms with Gasteiger partial charge in [0.2, 0.25) is 5.91 Å². The fourth-order valence-corrected chi connectivity index (χ4v) is 5.98. The first-order valence-corrected chi connectivity index (χ1v) is 10.8. The second-order valence-electron chi connectivity index (χ2n) is 6.59. The van der Waals surface area contributed by atoms with Gasteiger partial charge in [-0.15, -0.1) is 11.3 Å². The van der Waals surface area contributed by atoms with E-state index in [-0.39, 0.29) is 5.91 Å². The molecule has 0 saturated heterocycles. The van der Waals surface area contributed by atoms with E-state index in [4.69, 9.17) is 0 Å². The van der Waals surface area contributed by atoms with E-state index in [2.05, 4.69) is 20.6 Å². The summed E-state index contributed by atoms with van der Waals surface area (Å²) in [4.78, 5) is 36.2. The Hall–Kier alpha value is -2.45. The van der Waals surface area contributed by atoms with E-state index >= 15 is 0 Å². The third kappa shape index (κ3) is 3.62. The number of thiophene rings is 1. The minimum Gasteiger partial charge on any atom is -0.341 e. The van der Waals surface area contributed by atoms with Crippen LogP contribution in [0, 0.1) is 6.92 Å². The van der Waals surface area contributed by atoms with Crippen molar-refractivity contribution >= 4 is 45.3 Å². The average molecular weight is 413 g/mol. The normalized spacial score (nSPS) is 13.9. The highest BCUT2D eigenvalue weighted by Gasteiger charge is 2.28. The topological polar surface area (TPSA) is 84.0 Å². The van der Waals surface area contributed by atoms with Gasteiger partial charge in [0.1, 0.15) is 20.9 Å². The molecule has 6 nitrogen and oxygen atoms in total. The van der Waals surface area contributed by atoms with Crippen molar-refractivity contribution in [2.45, 2.75) is 36.5 Å². The van der Waals surface area contributed by atoms with Crippen molar-refractivity contribution in [2.75, 3.05) is 7.05 Å². The van der Waals surface area contributed by atoms with Crippen molar-refractivity contribution in [1.82, 2.24) is 20.6 Å². The molecular formula is C20H20N4O2S2. The van der Waals surface area contributed by atoms with Crippen LogP contribution in [0.5, 0.6) is 0 Å². The quantitative estimate of drug-likeness (QED) is 0.503. The molecule has 3 aromatic rings. The van der Waals surface area contributed by atoms with Gasteiger partial charge in [-0.25, -0.2) is 14.8 Å². The Bertz CT molecular complexity index is 1050. The van der Waals surface area contributed by atoms with Crippen LogP contribution in [0.2, 0.25) is 0 Å². The minimum absolute atomic E-state index is 0.369. The lowest BCUT2D eigenvalue weighted by Crippen LogP contribution is -2.39. The molecule has 1 aliphatic rings. The summed E-state index contributed by atoms with van der Waals surface area (Å²) in [6.45, 7) is 1.87. The summed E-state index contributed by atoms with van der Waals surface area (Å²) in [5.41, 5.74) is 2.14. The number of rotatable bonds is 4. The monoisotopic (exact) mass is 412 g/mol. The number of thioether (sulfide) groups is 1. The van der Waals surface area contributed by atoms with Crippen molar-refractivity contribution in [3.8, 4) is 0 Å². The molecule has 2 heterocycles. The smallest absolute Gasteiger partial charge is 0.321 e. The summed E-state index contributed by atoms with van der Waals surface area (Å²) in [6.07, 6.45) is 3.25. The van der Waals surface area contributed by atoms with Gasteiger partial charge in [0.25, 0.3) is 0 Å². The molecule has 2 aromatic heterocycles. The Labute approximate surface area is 171 Å². The molecule has 144 valence electrons. The van der Waals surface area contributed by atoms with Gasteiger partial charge >= 0.3 is 6.03 Å². The molecule has 0 saturated carbocycles. The first-order chi connectivity index (χ1) is 13.6. The van der Waals surface area contributed by atoms with Crippen LogP contribution in [-0.4, -0.2) is 29.0 Å². The van der Waals surface area contributed by atoms with Crippen LogP contribution in [0.1, 0.15) is 33.5 Å². The largest absolute Gasteiger partial charge is 0.341 e. The van der Waals surface area contributed by atoms with Crippen molar-refractivity contribution in [3.05, 3.63) is 52.2 Å². The summed E-state index contributed by atoms with van der Waals surface area (Å²) in [7, 11) is 1.49. The first kappa shape index (κ1) is 18.9. The molecule has 0 spiro atoms. The van der Waals surface area contributed by atoms with Crippen molar-refractivity contribution in [1.29, 1.82) is 0 Å². The Morgan fingerprint density at radius 3 is 2.71 bits per heavy atom. The summed E-state index contributed by atoms with van der Waals surface area (Å²) in [6, 6.07) is 8.94. The molecule has 28 heavy (non-hydrogen) atoms.